The summed E-state index contributed by atoms with van der Waals surface area (Å²) < 4.78 is 26.5. The first kappa shape index (κ1) is 13.7. The molecule has 0 aromatic carbocycles. The second-order valence-corrected chi connectivity index (χ2v) is 6.65. The van der Waals surface area contributed by atoms with Crippen molar-refractivity contribution in [3.05, 3.63) is 17.7 Å². The minimum Gasteiger partial charge on any atom is -0.225 e. The highest BCUT2D eigenvalue weighted by molar-refractivity contribution is 7.89. The van der Waals surface area contributed by atoms with Gasteiger partial charge in [-0.05, 0) is 30.4 Å². The average Bonchev–Trinajstić information content (AvgIpc) is 2.38. The fourth-order valence-electron chi connectivity index (χ4n) is 2.14. The number of nitrogens with zero attached hydrogens (tertiary/aromatic N) is 2. The molecule has 1 aliphatic carbocycles. The lowest BCUT2D eigenvalue weighted by atomic mass is 9.90. The molecular weight excluding hydrogens is 274 g/mol. The van der Waals surface area contributed by atoms with Gasteiger partial charge in [0.05, 0.1) is 12.4 Å². The molecule has 0 radical (unpaired) electrons. The maximum absolute atomic E-state index is 12.0. The number of hydrogen-bond donors (Lipinski definition) is 1. The lowest BCUT2D eigenvalue weighted by Gasteiger charge is -2.21. The summed E-state index contributed by atoms with van der Waals surface area (Å²) in [4.78, 5) is 7.41. The van der Waals surface area contributed by atoms with E-state index in [0.29, 0.717) is 12.5 Å². The fraction of sp³-hybridized carbons (Fsp3) is 0.636. The molecule has 1 aromatic rings. The Morgan fingerprint density at radius 2 is 1.83 bits per heavy atom. The highest BCUT2D eigenvalue weighted by Gasteiger charge is 2.19. The third kappa shape index (κ3) is 3.63. The van der Waals surface area contributed by atoms with E-state index in [4.69, 9.17) is 11.6 Å². The van der Waals surface area contributed by atoms with E-state index in [1.807, 2.05) is 0 Å². The van der Waals surface area contributed by atoms with Crippen LogP contribution in [0.1, 0.15) is 32.1 Å². The Bertz CT molecular complexity index is 484. The van der Waals surface area contributed by atoms with E-state index < -0.39 is 10.0 Å². The van der Waals surface area contributed by atoms with Crippen molar-refractivity contribution in [3.63, 3.8) is 0 Å². The van der Waals surface area contributed by atoms with E-state index >= 15 is 0 Å². The Labute approximate surface area is 112 Å². The smallest absolute Gasteiger partial charge is 0.225 e. The zero-order valence-electron chi connectivity index (χ0n) is 9.97. The quantitative estimate of drug-likeness (QED) is 0.861. The van der Waals surface area contributed by atoms with Crippen molar-refractivity contribution < 1.29 is 8.42 Å². The lowest BCUT2D eigenvalue weighted by Crippen LogP contribution is -2.30. The molecule has 5 nitrogen and oxygen atoms in total. The van der Waals surface area contributed by atoms with Crippen LogP contribution in [-0.2, 0) is 10.0 Å². The summed E-state index contributed by atoms with van der Waals surface area (Å²) in [6.07, 6.45) is 8.28. The molecule has 1 saturated carbocycles. The van der Waals surface area contributed by atoms with Crippen LogP contribution in [0.4, 0.5) is 0 Å². The van der Waals surface area contributed by atoms with Gasteiger partial charge < -0.3 is 0 Å². The number of aromatic nitrogens is 2. The summed E-state index contributed by atoms with van der Waals surface area (Å²) in [5.74, 6) is 0.446. The van der Waals surface area contributed by atoms with E-state index in [9.17, 15) is 8.42 Å². The molecule has 1 aromatic heterocycles. The molecule has 0 unspecified atom stereocenters. The van der Waals surface area contributed by atoms with Crippen LogP contribution in [-0.4, -0.2) is 24.9 Å². The molecule has 0 amide bonds. The van der Waals surface area contributed by atoms with E-state index in [2.05, 4.69) is 14.7 Å². The number of halogens is 1. The SMILES string of the molecule is O=S(=O)(NCC1CCCCC1)c1cnc(Cl)nc1. The highest BCUT2D eigenvalue weighted by Crippen LogP contribution is 2.23. The Kier molecular flexibility index (Phi) is 4.53. The van der Waals surface area contributed by atoms with Crippen molar-refractivity contribution in [2.75, 3.05) is 6.54 Å². The summed E-state index contributed by atoms with van der Waals surface area (Å²) in [5, 5.41) is 0.0428. The van der Waals surface area contributed by atoms with Crippen LogP contribution in [0, 0.1) is 5.92 Å². The standard InChI is InChI=1S/C11H16ClN3O2S/c12-11-13-7-10(8-14-11)18(16,17)15-6-9-4-2-1-3-5-9/h7-9,15H,1-6H2. The molecule has 0 bridgehead atoms. The largest absolute Gasteiger partial charge is 0.243 e. The summed E-state index contributed by atoms with van der Waals surface area (Å²) in [7, 11) is -3.51. The maximum atomic E-state index is 12.0. The first-order valence-corrected chi connectivity index (χ1v) is 7.91. The second-order valence-electron chi connectivity index (χ2n) is 4.54. The monoisotopic (exact) mass is 289 g/mol. The summed E-state index contributed by atoms with van der Waals surface area (Å²) >= 11 is 5.52. The van der Waals surface area contributed by atoms with E-state index in [0.717, 1.165) is 12.8 Å². The molecule has 7 heteroatoms. The van der Waals surface area contributed by atoms with Crippen LogP contribution in [0.25, 0.3) is 0 Å². The van der Waals surface area contributed by atoms with Gasteiger partial charge in [-0.25, -0.2) is 23.1 Å². The molecule has 1 heterocycles. The molecule has 18 heavy (non-hydrogen) atoms. The summed E-state index contributed by atoms with van der Waals surface area (Å²) in [6, 6.07) is 0. The molecule has 0 saturated heterocycles. The van der Waals surface area contributed by atoms with Gasteiger partial charge in [0, 0.05) is 6.54 Å². The topological polar surface area (TPSA) is 72.0 Å². The van der Waals surface area contributed by atoms with Crippen molar-refractivity contribution >= 4 is 21.6 Å². The van der Waals surface area contributed by atoms with Crippen molar-refractivity contribution in [2.24, 2.45) is 5.92 Å². The van der Waals surface area contributed by atoms with Crippen LogP contribution < -0.4 is 4.72 Å². The average molecular weight is 290 g/mol. The van der Waals surface area contributed by atoms with Gasteiger partial charge in [-0.2, -0.15) is 0 Å². The Hall–Kier alpha value is -0.720. The van der Waals surface area contributed by atoms with Gasteiger partial charge in [0.25, 0.3) is 0 Å². The van der Waals surface area contributed by atoms with Gasteiger partial charge in [0.2, 0.25) is 15.3 Å². The third-order valence-electron chi connectivity index (χ3n) is 3.19. The molecule has 0 aliphatic heterocycles. The van der Waals surface area contributed by atoms with Crippen molar-refractivity contribution in [1.29, 1.82) is 0 Å². The first-order valence-electron chi connectivity index (χ1n) is 6.05. The summed E-state index contributed by atoms with van der Waals surface area (Å²) in [5.41, 5.74) is 0. The van der Waals surface area contributed by atoms with Crippen LogP contribution in [0.3, 0.4) is 0 Å². The second kappa shape index (κ2) is 5.95. The summed E-state index contributed by atoms with van der Waals surface area (Å²) in [6.45, 7) is 0.491. The minimum atomic E-state index is -3.51. The Morgan fingerprint density at radius 1 is 1.22 bits per heavy atom. The molecule has 1 N–H and O–H groups in total. The van der Waals surface area contributed by atoms with E-state index in [-0.39, 0.29) is 10.2 Å². The predicted molar refractivity (Wildman–Crippen MR) is 68.8 cm³/mol. The normalized spacial score (nSPS) is 17.8. The Morgan fingerprint density at radius 3 is 2.44 bits per heavy atom. The number of rotatable bonds is 4. The molecule has 1 aliphatic rings. The van der Waals surface area contributed by atoms with Crippen molar-refractivity contribution in [3.8, 4) is 0 Å². The number of sulfonamides is 1. The van der Waals surface area contributed by atoms with Gasteiger partial charge >= 0.3 is 0 Å². The van der Waals surface area contributed by atoms with Gasteiger partial charge in [-0.1, -0.05) is 19.3 Å². The fourth-order valence-corrected chi connectivity index (χ4v) is 3.24. The van der Waals surface area contributed by atoms with Crippen molar-refractivity contribution in [2.45, 2.75) is 37.0 Å². The molecular formula is C11H16ClN3O2S. The van der Waals surface area contributed by atoms with Crippen molar-refractivity contribution in [1.82, 2.24) is 14.7 Å². The maximum Gasteiger partial charge on any atom is 0.243 e. The van der Waals surface area contributed by atoms with Gasteiger partial charge in [0.15, 0.2) is 0 Å². The van der Waals surface area contributed by atoms with Crippen LogP contribution in [0.2, 0.25) is 5.28 Å². The lowest BCUT2D eigenvalue weighted by molar-refractivity contribution is 0.357. The van der Waals surface area contributed by atoms with E-state index in [1.165, 1.54) is 31.7 Å². The zero-order valence-corrected chi connectivity index (χ0v) is 11.5. The van der Waals surface area contributed by atoms with Gasteiger partial charge in [0.1, 0.15) is 4.90 Å². The highest BCUT2D eigenvalue weighted by atomic mass is 35.5. The molecule has 1 fully saturated rings. The van der Waals surface area contributed by atoms with Crippen LogP contribution >= 0.6 is 11.6 Å². The molecule has 2 rings (SSSR count). The molecule has 0 spiro atoms. The van der Waals surface area contributed by atoms with E-state index in [1.54, 1.807) is 0 Å². The third-order valence-corrected chi connectivity index (χ3v) is 4.77. The minimum absolute atomic E-state index is 0.0428. The number of nitrogens with one attached hydrogen (secondary N) is 1. The zero-order chi connectivity index (χ0) is 13.0. The molecule has 0 atom stereocenters. The van der Waals surface area contributed by atoms with Crippen LogP contribution in [0.5, 0.6) is 0 Å². The van der Waals surface area contributed by atoms with Gasteiger partial charge in [-0.3, -0.25) is 0 Å². The van der Waals surface area contributed by atoms with Crippen LogP contribution in [0.15, 0.2) is 17.3 Å². The van der Waals surface area contributed by atoms with Gasteiger partial charge in [-0.15, -0.1) is 0 Å². The Balaban J connectivity index is 1.96. The first-order chi connectivity index (χ1) is 8.58. The molecule has 100 valence electrons. The predicted octanol–water partition coefficient (Wildman–Crippen LogP) is 1.99. The number of hydrogen-bond acceptors (Lipinski definition) is 4.